The van der Waals surface area contributed by atoms with Crippen LogP contribution in [0.1, 0.15) is 12.0 Å². The van der Waals surface area contributed by atoms with Crippen molar-refractivity contribution in [2.75, 3.05) is 34.0 Å². The average Bonchev–Trinajstić information content (AvgIpc) is 2.42. The van der Waals surface area contributed by atoms with Crippen molar-refractivity contribution >= 4 is 0 Å². The second kappa shape index (κ2) is 8.40. The van der Waals surface area contributed by atoms with Crippen LogP contribution >= 0.6 is 0 Å². The standard InChI is InChI=1S/C14H18O4/c1-16-9-4-10-18-14-7-6-13(17-2)11-12(14)5-3-8-15/h6-7,11,15H,4,8-10H2,1-2H3. The average molecular weight is 250 g/mol. The van der Waals surface area contributed by atoms with E-state index in [9.17, 15) is 0 Å². The maximum absolute atomic E-state index is 8.73. The van der Waals surface area contributed by atoms with Gasteiger partial charge >= 0.3 is 0 Å². The SMILES string of the molecule is COCCCOc1ccc(OC)cc1C#CCO. The van der Waals surface area contributed by atoms with E-state index in [1.807, 2.05) is 12.1 Å². The molecule has 1 N–H and O–H groups in total. The molecule has 0 unspecified atom stereocenters. The normalized spacial score (nSPS) is 9.50. The van der Waals surface area contributed by atoms with Gasteiger partial charge in [-0.2, -0.15) is 0 Å². The number of hydrogen-bond acceptors (Lipinski definition) is 4. The van der Waals surface area contributed by atoms with Crippen molar-refractivity contribution in [3.8, 4) is 23.3 Å². The van der Waals surface area contributed by atoms with Crippen molar-refractivity contribution in [1.82, 2.24) is 0 Å². The lowest BCUT2D eigenvalue weighted by Crippen LogP contribution is -2.02. The second-order valence-corrected chi connectivity index (χ2v) is 3.52. The van der Waals surface area contributed by atoms with Crippen molar-refractivity contribution in [3.05, 3.63) is 23.8 Å². The molecule has 0 aliphatic heterocycles. The van der Waals surface area contributed by atoms with Gasteiger partial charge in [-0.3, -0.25) is 0 Å². The monoisotopic (exact) mass is 250 g/mol. The Morgan fingerprint density at radius 1 is 1.22 bits per heavy atom. The zero-order valence-corrected chi connectivity index (χ0v) is 10.7. The quantitative estimate of drug-likeness (QED) is 0.613. The number of benzene rings is 1. The summed E-state index contributed by atoms with van der Waals surface area (Å²) in [6, 6.07) is 5.41. The van der Waals surface area contributed by atoms with Crippen LogP contribution in [-0.4, -0.2) is 39.1 Å². The van der Waals surface area contributed by atoms with Gasteiger partial charge in [-0.25, -0.2) is 0 Å². The van der Waals surface area contributed by atoms with Crippen molar-refractivity contribution in [3.63, 3.8) is 0 Å². The Kier molecular flexibility index (Phi) is 6.70. The van der Waals surface area contributed by atoms with Crippen LogP contribution in [0, 0.1) is 11.8 Å². The lowest BCUT2D eigenvalue weighted by molar-refractivity contribution is 0.172. The Balaban J connectivity index is 2.75. The Morgan fingerprint density at radius 2 is 2.06 bits per heavy atom. The highest BCUT2D eigenvalue weighted by molar-refractivity contribution is 5.50. The van der Waals surface area contributed by atoms with Gasteiger partial charge in [-0.1, -0.05) is 11.8 Å². The molecule has 0 saturated heterocycles. The number of aliphatic hydroxyl groups excluding tert-OH is 1. The van der Waals surface area contributed by atoms with Gasteiger partial charge < -0.3 is 19.3 Å². The maximum atomic E-state index is 8.73. The minimum atomic E-state index is -0.180. The third-order valence-corrected chi connectivity index (χ3v) is 2.24. The highest BCUT2D eigenvalue weighted by Crippen LogP contribution is 2.23. The summed E-state index contributed by atoms with van der Waals surface area (Å²) in [6.07, 6.45) is 0.815. The van der Waals surface area contributed by atoms with Gasteiger partial charge in [0.25, 0.3) is 0 Å². The summed E-state index contributed by atoms with van der Waals surface area (Å²) in [5.41, 5.74) is 0.709. The molecule has 98 valence electrons. The molecule has 0 aliphatic rings. The fourth-order valence-electron chi connectivity index (χ4n) is 1.38. The molecule has 4 heteroatoms. The summed E-state index contributed by atoms with van der Waals surface area (Å²) >= 11 is 0. The van der Waals surface area contributed by atoms with E-state index in [0.29, 0.717) is 30.3 Å². The molecule has 0 aliphatic carbocycles. The van der Waals surface area contributed by atoms with E-state index in [1.165, 1.54) is 0 Å². The first-order chi connectivity index (χ1) is 8.81. The summed E-state index contributed by atoms with van der Waals surface area (Å²) in [5.74, 6) is 6.84. The summed E-state index contributed by atoms with van der Waals surface area (Å²) in [5, 5.41) is 8.73. The van der Waals surface area contributed by atoms with E-state index in [1.54, 1.807) is 20.3 Å². The highest BCUT2D eigenvalue weighted by atomic mass is 16.5. The van der Waals surface area contributed by atoms with Gasteiger partial charge in [0.2, 0.25) is 0 Å². The number of aliphatic hydroxyl groups is 1. The van der Waals surface area contributed by atoms with Crippen molar-refractivity contribution in [2.45, 2.75) is 6.42 Å². The summed E-state index contributed by atoms with van der Waals surface area (Å²) in [7, 11) is 3.25. The molecule has 0 atom stereocenters. The molecule has 0 spiro atoms. The minimum absolute atomic E-state index is 0.180. The summed E-state index contributed by atoms with van der Waals surface area (Å²) in [6.45, 7) is 1.04. The Morgan fingerprint density at radius 3 is 2.72 bits per heavy atom. The molecule has 0 fully saturated rings. The molecular weight excluding hydrogens is 232 g/mol. The molecule has 0 amide bonds. The van der Waals surface area contributed by atoms with Crippen LogP contribution < -0.4 is 9.47 Å². The van der Waals surface area contributed by atoms with E-state index in [0.717, 1.165) is 6.42 Å². The molecule has 4 nitrogen and oxygen atoms in total. The fourth-order valence-corrected chi connectivity index (χ4v) is 1.38. The third kappa shape index (κ3) is 4.66. The van der Waals surface area contributed by atoms with Crippen molar-refractivity contribution < 1.29 is 19.3 Å². The lowest BCUT2D eigenvalue weighted by atomic mass is 10.2. The topological polar surface area (TPSA) is 47.9 Å². The van der Waals surface area contributed by atoms with Crippen molar-refractivity contribution in [1.29, 1.82) is 0 Å². The molecule has 1 rings (SSSR count). The largest absolute Gasteiger partial charge is 0.497 e. The number of ether oxygens (including phenoxy) is 3. The summed E-state index contributed by atoms with van der Waals surface area (Å²) < 4.78 is 15.7. The van der Waals surface area contributed by atoms with Crippen LogP contribution in [0.25, 0.3) is 0 Å². The molecular formula is C14H18O4. The van der Waals surface area contributed by atoms with Crippen LogP contribution in [0.15, 0.2) is 18.2 Å². The molecule has 0 heterocycles. The molecule has 1 aromatic carbocycles. The van der Waals surface area contributed by atoms with Crippen molar-refractivity contribution in [2.24, 2.45) is 0 Å². The Labute approximate surface area is 107 Å². The summed E-state index contributed by atoms with van der Waals surface area (Å²) in [4.78, 5) is 0. The Bertz CT molecular complexity index is 418. The highest BCUT2D eigenvalue weighted by Gasteiger charge is 2.03. The van der Waals surface area contributed by atoms with E-state index < -0.39 is 0 Å². The number of methoxy groups -OCH3 is 2. The predicted molar refractivity (Wildman–Crippen MR) is 68.9 cm³/mol. The first-order valence-corrected chi connectivity index (χ1v) is 5.71. The van der Waals surface area contributed by atoms with Crippen LogP contribution in [0.4, 0.5) is 0 Å². The first kappa shape index (κ1) is 14.4. The molecule has 0 aromatic heterocycles. The second-order valence-electron chi connectivity index (χ2n) is 3.52. The molecule has 1 aromatic rings. The van der Waals surface area contributed by atoms with E-state index >= 15 is 0 Å². The molecule has 0 bridgehead atoms. The molecule has 0 saturated carbocycles. The van der Waals surface area contributed by atoms with E-state index in [4.69, 9.17) is 19.3 Å². The maximum Gasteiger partial charge on any atom is 0.135 e. The lowest BCUT2D eigenvalue weighted by Gasteiger charge is -2.09. The van der Waals surface area contributed by atoms with Gasteiger partial charge in [-0.15, -0.1) is 0 Å². The van der Waals surface area contributed by atoms with E-state index in [2.05, 4.69) is 11.8 Å². The van der Waals surface area contributed by atoms with Crippen LogP contribution in [-0.2, 0) is 4.74 Å². The predicted octanol–water partition coefficient (Wildman–Crippen LogP) is 1.45. The van der Waals surface area contributed by atoms with Gasteiger partial charge in [0, 0.05) is 20.1 Å². The van der Waals surface area contributed by atoms with Crippen LogP contribution in [0.3, 0.4) is 0 Å². The fraction of sp³-hybridized carbons (Fsp3) is 0.429. The van der Waals surface area contributed by atoms with Crippen LogP contribution in [0.2, 0.25) is 0 Å². The number of hydrogen-bond donors (Lipinski definition) is 1. The third-order valence-electron chi connectivity index (χ3n) is 2.24. The van der Waals surface area contributed by atoms with Gasteiger partial charge in [0.05, 0.1) is 19.3 Å². The van der Waals surface area contributed by atoms with Gasteiger partial charge in [-0.05, 0) is 18.2 Å². The zero-order chi connectivity index (χ0) is 13.2. The van der Waals surface area contributed by atoms with Gasteiger partial charge in [0.15, 0.2) is 0 Å². The van der Waals surface area contributed by atoms with E-state index in [-0.39, 0.29) is 6.61 Å². The Hall–Kier alpha value is -1.70. The minimum Gasteiger partial charge on any atom is -0.497 e. The molecule has 18 heavy (non-hydrogen) atoms. The molecule has 0 radical (unpaired) electrons. The van der Waals surface area contributed by atoms with Gasteiger partial charge in [0.1, 0.15) is 18.1 Å². The van der Waals surface area contributed by atoms with Crippen LogP contribution in [0.5, 0.6) is 11.5 Å². The zero-order valence-electron chi connectivity index (χ0n) is 10.7. The first-order valence-electron chi connectivity index (χ1n) is 5.71. The number of rotatable bonds is 6. The smallest absolute Gasteiger partial charge is 0.135 e.